The van der Waals surface area contributed by atoms with E-state index in [9.17, 15) is 18.0 Å². The lowest BCUT2D eigenvalue weighted by molar-refractivity contribution is -0.137. The summed E-state index contributed by atoms with van der Waals surface area (Å²) in [6, 6.07) is 6.32. The standard InChI is InChI=1S/C16H15F3N2O3/c1-10-8-13(24-20-10)15(22)21-6-7-23-14(9-21)11-2-4-12(5-3-11)16(17,18)19/h2-5,8,14H,6-7,9H2,1H3. The minimum atomic E-state index is -4.38. The molecule has 1 atom stereocenters. The van der Waals surface area contributed by atoms with E-state index >= 15 is 0 Å². The third-order valence-corrected chi connectivity index (χ3v) is 3.80. The average molecular weight is 340 g/mol. The van der Waals surface area contributed by atoms with Crippen LogP contribution in [-0.4, -0.2) is 35.7 Å². The van der Waals surface area contributed by atoms with Gasteiger partial charge >= 0.3 is 6.18 Å². The monoisotopic (exact) mass is 340 g/mol. The number of hydrogen-bond acceptors (Lipinski definition) is 4. The Hall–Kier alpha value is -2.35. The molecule has 24 heavy (non-hydrogen) atoms. The molecule has 0 N–H and O–H groups in total. The minimum absolute atomic E-state index is 0.139. The molecule has 0 spiro atoms. The average Bonchev–Trinajstić information content (AvgIpc) is 3.00. The molecule has 1 amide bonds. The summed E-state index contributed by atoms with van der Waals surface area (Å²) in [7, 11) is 0. The van der Waals surface area contributed by atoms with Crippen molar-refractivity contribution in [2.24, 2.45) is 0 Å². The molecule has 0 saturated carbocycles. The summed E-state index contributed by atoms with van der Waals surface area (Å²) in [5.41, 5.74) is 0.479. The van der Waals surface area contributed by atoms with E-state index in [1.54, 1.807) is 17.9 Å². The van der Waals surface area contributed by atoms with Crippen molar-refractivity contribution in [3.63, 3.8) is 0 Å². The quantitative estimate of drug-likeness (QED) is 0.842. The van der Waals surface area contributed by atoms with Crippen molar-refractivity contribution in [1.82, 2.24) is 10.1 Å². The zero-order valence-electron chi connectivity index (χ0n) is 12.8. The number of carbonyl (C=O) groups excluding carboxylic acids is 1. The van der Waals surface area contributed by atoms with Crippen LogP contribution in [0.2, 0.25) is 0 Å². The van der Waals surface area contributed by atoms with E-state index in [1.807, 2.05) is 0 Å². The van der Waals surface area contributed by atoms with Gasteiger partial charge in [-0.15, -0.1) is 0 Å². The molecule has 0 aliphatic carbocycles. The lowest BCUT2D eigenvalue weighted by Gasteiger charge is -2.32. The molecule has 128 valence electrons. The van der Waals surface area contributed by atoms with E-state index in [-0.39, 0.29) is 18.2 Å². The Morgan fingerprint density at radius 2 is 2.00 bits per heavy atom. The van der Waals surface area contributed by atoms with Crippen LogP contribution in [-0.2, 0) is 10.9 Å². The van der Waals surface area contributed by atoms with Gasteiger partial charge in [-0.3, -0.25) is 4.79 Å². The van der Waals surface area contributed by atoms with Crippen molar-refractivity contribution >= 4 is 5.91 Å². The van der Waals surface area contributed by atoms with Gasteiger partial charge in [0, 0.05) is 12.6 Å². The number of aromatic nitrogens is 1. The molecule has 2 heterocycles. The van der Waals surface area contributed by atoms with E-state index in [2.05, 4.69) is 5.16 Å². The smallest absolute Gasteiger partial charge is 0.370 e. The molecule has 1 aliphatic rings. The zero-order chi connectivity index (χ0) is 17.3. The molecular formula is C16H15F3N2O3. The summed E-state index contributed by atoms with van der Waals surface area (Å²) in [5, 5.41) is 3.68. The normalized spacial score (nSPS) is 18.7. The Balaban J connectivity index is 1.72. The fourth-order valence-corrected chi connectivity index (χ4v) is 2.54. The largest absolute Gasteiger partial charge is 0.416 e. The van der Waals surface area contributed by atoms with E-state index in [0.717, 1.165) is 12.1 Å². The van der Waals surface area contributed by atoms with Crippen molar-refractivity contribution in [1.29, 1.82) is 0 Å². The van der Waals surface area contributed by atoms with Gasteiger partial charge in [0.1, 0.15) is 6.10 Å². The van der Waals surface area contributed by atoms with Gasteiger partial charge < -0.3 is 14.2 Å². The number of benzene rings is 1. The van der Waals surface area contributed by atoms with Gasteiger partial charge in [0.15, 0.2) is 0 Å². The fraction of sp³-hybridized carbons (Fsp3) is 0.375. The number of aryl methyl sites for hydroxylation is 1. The molecule has 0 bridgehead atoms. The highest BCUT2D eigenvalue weighted by atomic mass is 19.4. The molecule has 1 fully saturated rings. The third-order valence-electron chi connectivity index (χ3n) is 3.80. The summed E-state index contributed by atoms with van der Waals surface area (Å²) in [6.07, 6.45) is -4.85. The molecule has 1 saturated heterocycles. The highest BCUT2D eigenvalue weighted by Crippen LogP contribution is 2.31. The SMILES string of the molecule is Cc1cc(C(=O)N2CCOC(c3ccc(C(F)(F)F)cc3)C2)on1. The Bertz CT molecular complexity index is 725. The first-order valence-corrected chi connectivity index (χ1v) is 7.36. The summed E-state index contributed by atoms with van der Waals surface area (Å²) in [6.45, 7) is 2.63. The van der Waals surface area contributed by atoms with Gasteiger partial charge in [0.05, 0.1) is 24.4 Å². The second-order valence-corrected chi connectivity index (χ2v) is 5.56. The van der Waals surface area contributed by atoms with Gasteiger partial charge in [-0.25, -0.2) is 0 Å². The molecule has 0 radical (unpaired) electrons. The maximum atomic E-state index is 12.6. The highest BCUT2D eigenvalue weighted by Gasteiger charge is 2.31. The maximum Gasteiger partial charge on any atom is 0.416 e. The van der Waals surface area contributed by atoms with Crippen LogP contribution in [0.4, 0.5) is 13.2 Å². The third kappa shape index (κ3) is 3.43. The number of ether oxygens (including phenoxy) is 1. The molecule has 5 nitrogen and oxygen atoms in total. The van der Waals surface area contributed by atoms with E-state index in [4.69, 9.17) is 9.26 Å². The molecule has 1 aromatic carbocycles. The number of halogens is 3. The summed E-state index contributed by atoms with van der Waals surface area (Å²) < 4.78 is 48.4. The first-order valence-electron chi connectivity index (χ1n) is 7.36. The maximum absolute atomic E-state index is 12.6. The second-order valence-electron chi connectivity index (χ2n) is 5.56. The summed E-state index contributed by atoms with van der Waals surface area (Å²) in [5.74, 6) is -0.170. The number of morpholine rings is 1. The van der Waals surface area contributed by atoms with Crippen LogP contribution in [0.25, 0.3) is 0 Å². The number of hydrogen-bond donors (Lipinski definition) is 0. The van der Waals surface area contributed by atoms with Crippen molar-refractivity contribution in [2.75, 3.05) is 19.7 Å². The zero-order valence-corrected chi connectivity index (χ0v) is 12.8. The first-order chi connectivity index (χ1) is 11.3. The van der Waals surface area contributed by atoms with Crippen LogP contribution < -0.4 is 0 Å². The number of carbonyl (C=O) groups is 1. The predicted molar refractivity (Wildman–Crippen MR) is 77.3 cm³/mol. The van der Waals surface area contributed by atoms with Gasteiger partial charge in [-0.2, -0.15) is 13.2 Å². The molecule has 8 heteroatoms. The van der Waals surface area contributed by atoms with E-state index in [0.29, 0.717) is 24.4 Å². The molecule has 1 aliphatic heterocycles. The van der Waals surface area contributed by atoms with Crippen LogP contribution in [0.1, 0.15) is 33.5 Å². The number of nitrogens with zero attached hydrogens (tertiary/aromatic N) is 2. The Labute approximate surface area is 136 Å². The predicted octanol–water partition coefficient (Wildman–Crippen LogP) is 3.22. The number of rotatable bonds is 2. The van der Waals surface area contributed by atoms with Crippen molar-refractivity contribution in [3.8, 4) is 0 Å². The highest BCUT2D eigenvalue weighted by molar-refractivity contribution is 5.91. The molecular weight excluding hydrogens is 325 g/mol. The molecule has 1 aromatic heterocycles. The van der Waals surface area contributed by atoms with E-state index in [1.165, 1.54) is 12.1 Å². The number of alkyl halides is 3. The summed E-state index contributed by atoms with van der Waals surface area (Å²) in [4.78, 5) is 13.9. The molecule has 3 rings (SSSR count). The Morgan fingerprint density at radius 1 is 1.29 bits per heavy atom. The second kappa shape index (κ2) is 6.27. The topological polar surface area (TPSA) is 55.6 Å². The van der Waals surface area contributed by atoms with Crippen LogP contribution in [0, 0.1) is 6.92 Å². The van der Waals surface area contributed by atoms with Gasteiger partial charge in [0.2, 0.25) is 5.76 Å². The van der Waals surface area contributed by atoms with Crippen LogP contribution >= 0.6 is 0 Å². The number of amides is 1. The van der Waals surface area contributed by atoms with Gasteiger partial charge in [-0.05, 0) is 24.6 Å². The van der Waals surface area contributed by atoms with Crippen molar-refractivity contribution in [3.05, 3.63) is 52.9 Å². The van der Waals surface area contributed by atoms with Gasteiger partial charge in [0.25, 0.3) is 5.91 Å². The lowest BCUT2D eigenvalue weighted by Crippen LogP contribution is -2.42. The van der Waals surface area contributed by atoms with Crippen LogP contribution in [0.15, 0.2) is 34.9 Å². The van der Waals surface area contributed by atoms with Crippen LogP contribution in [0.3, 0.4) is 0 Å². The van der Waals surface area contributed by atoms with Gasteiger partial charge in [-0.1, -0.05) is 17.3 Å². The Kier molecular flexibility index (Phi) is 4.31. The molecule has 2 aromatic rings. The van der Waals surface area contributed by atoms with Crippen molar-refractivity contribution < 1.29 is 27.2 Å². The van der Waals surface area contributed by atoms with Crippen LogP contribution in [0.5, 0.6) is 0 Å². The molecule has 1 unspecified atom stereocenters. The van der Waals surface area contributed by atoms with Crippen molar-refractivity contribution in [2.45, 2.75) is 19.2 Å². The summed E-state index contributed by atoms with van der Waals surface area (Å²) >= 11 is 0. The first kappa shape index (κ1) is 16.5. The Morgan fingerprint density at radius 3 is 2.58 bits per heavy atom. The minimum Gasteiger partial charge on any atom is -0.370 e. The fourth-order valence-electron chi connectivity index (χ4n) is 2.54. The lowest BCUT2D eigenvalue weighted by atomic mass is 10.0. The van der Waals surface area contributed by atoms with E-state index < -0.39 is 17.8 Å².